The molecule has 3 rings (SSSR count). The van der Waals surface area contributed by atoms with Crippen molar-refractivity contribution in [2.75, 3.05) is 5.32 Å². The first kappa shape index (κ1) is 16.5. The van der Waals surface area contributed by atoms with Gasteiger partial charge in [-0.3, -0.25) is 14.4 Å². The van der Waals surface area contributed by atoms with Gasteiger partial charge in [0.25, 0.3) is 11.5 Å². The molecule has 126 valence electrons. The Morgan fingerprint density at radius 2 is 2.08 bits per heavy atom. The maximum atomic E-state index is 12.4. The summed E-state index contributed by atoms with van der Waals surface area (Å²) >= 11 is 1.13. The van der Waals surface area contributed by atoms with Crippen LogP contribution >= 0.6 is 11.3 Å². The van der Waals surface area contributed by atoms with E-state index in [2.05, 4.69) is 15.4 Å². The molecule has 1 atom stereocenters. The van der Waals surface area contributed by atoms with Crippen molar-refractivity contribution in [2.24, 2.45) is 0 Å². The van der Waals surface area contributed by atoms with Crippen molar-refractivity contribution in [3.8, 4) is 0 Å². The predicted molar refractivity (Wildman–Crippen MR) is 90.7 cm³/mol. The van der Waals surface area contributed by atoms with Crippen molar-refractivity contribution in [2.45, 2.75) is 45.6 Å². The molecule has 1 aliphatic rings. The minimum atomic E-state index is -0.763. The summed E-state index contributed by atoms with van der Waals surface area (Å²) in [6.07, 6.45) is 2.13. The number of rotatable bonds is 5. The molecule has 1 fully saturated rings. The number of amides is 1. The molecular formula is C16H18N4O3S. The van der Waals surface area contributed by atoms with E-state index in [9.17, 15) is 14.4 Å². The van der Waals surface area contributed by atoms with Crippen molar-refractivity contribution in [3.63, 3.8) is 0 Å². The molecule has 1 aliphatic carbocycles. The highest BCUT2D eigenvalue weighted by molar-refractivity contribution is 7.17. The van der Waals surface area contributed by atoms with Gasteiger partial charge >= 0.3 is 0 Å². The quantitative estimate of drug-likeness (QED) is 0.838. The third-order valence-electron chi connectivity index (χ3n) is 3.93. The number of thiazole rings is 1. The number of Topliss-reactive ketones (excluding diaryl/α,β-unsaturated/α-hetero) is 1. The van der Waals surface area contributed by atoms with Crippen LogP contribution in [0.15, 0.2) is 16.9 Å². The van der Waals surface area contributed by atoms with E-state index in [0.29, 0.717) is 21.6 Å². The number of ketones is 1. The maximum Gasteiger partial charge on any atom is 0.267 e. The molecule has 8 heteroatoms. The highest BCUT2D eigenvalue weighted by atomic mass is 32.1. The average Bonchev–Trinajstić information content (AvgIpc) is 3.30. The van der Waals surface area contributed by atoms with Gasteiger partial charge < -0.3 is 5.32 Å². The van der Waals surface area contributed by atoms with Crippen LogP contribution in [0.4, 0.5) is 5.13 Å². The number of hydrogen-bond acceptors (Lipinski definition) is 6. The standard InChI is InChI=1S/C16H18N4O3S/c1-8-14(10(3)21)24-16(17-8)18-15(23)9(2)20-13(22)7-6-12(19-20)11-4-5-11/h6-7,9,11H,4-5H2,1-3H3,(H,17,18,23)/t9-/m1/s1. The molecule has 0 bridgehead atoms. The van der Waals surface area contributed by atoms with E-state index in [0.717, 1.165) is 29.9 Å². The van der Waals surface area contributed by atoms with Crippen LogP contribution in [0.25, 0.3) is 0 Å². The molecular weight excluding hydrogens is 328 g/mol. The highest BCUT2D eigenvalue weighted by Crippen LogP contribution is 2.38. The number of anilines is 1. The SMILES string of the molecule is CC(=O)c1sc(NC(=O)[C@@H](C)n2nc(C3CC3)ccc2=O)nc1C. The van der Waals surface area contributed by atoms with Gasteiger partial charge in [-0.1, -0.05) is 11.3 Å². The molecule has 0 unspecified atom stereocenters. The van der Waals surface area contributed by atoms with E-state index in [4.69, 9.17) is 0 Å². The molecule has 2 heterocycles. The molecule has 2 aromatic rings. The second-order valence-corrected chi connectivity index (χ2v) is 6.97. The third kappa shape index (κ3) is 3.28. The van der Waals surface area contributed by atoms with Crippen LogP contribution in [0.1, 0.15) is 59.7 Å². The average molecular weight is 346 g/mol. The predicted octanol–water partition coefficient (Wildman–Crippen LogP) is 2.29. The Kier molecular flexibility index (Phi) is 4.31. The first-order valence-corrected chi connectivity index (χ1v) is 8.57. The Morgan fingerprint density at radius 1 is 1.38 bits per heavy atom. The lowest BCUT2D eigenvalue weighted by Crippen LogP contribution is -2.33. The molecule has 1 saturated carbocycles. The zero-order valence-electron chi connectivity index (χ0n) is 13.7. The Labute approximate surface area is 142 Å². The molecule has 7 nitrogen and oxygen atoms in total. The summed E-state index contributed by atoms with van der Waals surface area (Å²) in [7, 11) is 0. The molecule has 0 saturated heterocycles. The third-order valence-corrected chi connectivity index (χ3v) is 5.11. The Morgan fingerprint density at radius 3 is 2.67 bits per heavy atom. The summed E-state index contributed by atoms with van der Waals surface area (Å²) in [6, 6.07) is 2.41. The van der Waals surface area contributed by atoms with Gasteiger partial charge in [0.15, 0.2) is 10.9 Å². The number of hydrogen-bond donors (Lipinski definition) is 1. The molecule has 0 radical (unpaired) electrons. The van der Waals surface area contributed by atoms with E-state index < -0.39 is 6.04 Å². The minimum Gasteiger partial charge on any atom is -0.300 e. The van der Waals surface area contributed by atoms with Crippen LogP contribution in [0, 0.1) is 6.92 Å². The number of carbonyl (C=O) groups excluding carboxylic acids is 2. The lowest BCUT2D eigenvalue weighted by atomic mass is 10.2. The van der Waals surface area contributed by atoms with Crippen LogP contribution in [0.2, 0.25) is 0 Å². The van der Waals surface area contributed by atoms with Crippen LogP contribution in [-0.2, 0) is 4.79 Å². The lowest BCUT2D eigenvalue weighted by Gasteiger charge is -2.13. The van der Waals surface area contributed by atoms with Crippen molar-refractivity contribution < 1.29 is 9.59 Å². The van der Waals surface area contributed by atoms with Gasteiger partial charge in [-0.05, 0) is 32.8 Å². The highest BCUT2D eigenvalue weighted by Gasteiger charge is 2.27. The molecule has 24 heavy (non-hydrogen) atoms. The fourth-order valence-electron chi connectivity index (χ4n) is 2.41. The largest absolute Gasteiger partial charge is 0.300 e. The zero-order valence-corrected chi connectivity index (χ0v) is 14.5. The number of nitrogens with zero attached hydrogens (tertiary/aromatic N) is 3. The van der Waals surface area contributed by atoms with Gasteiger partial charge in [-0.15, -0.1) is 0 Å². The van der Waals surface area contributed by atoms with Gasteiger partial charge in [0.05, 0.1) is 16.3 Å². The monoisotopic (exact) mass is 346 g/mol. The first-order chi connectivity index (χ1) is 11.4. The summed E-state index contributed by atoms with van der Waals surface area (Å²) in [5, 5.41) is 7.33. The number of aryl methyl sites for hydroxylation is 1. The van der Waals surface area contributed by atoms with E-state index in [1.165, 1.54) is 17.7 Å². The number of nitrogens with one attached hydrogen (secondary N) is 1. The Bertz CT molecular complexity index is 866. The summed E-state index contributed by atoms with van der Waals surface area (Å²) < 4.78 is 1.20. The maximum absolute atomic E-state index is 12.4. The molecule has 0 aromatic carbocycles. The topological polar surface area (TPSA) is 94.0 Å². The Balaban J connectivity index is 1.80. The van der Waals surface area contributed by atoms with Crippen molar-refractivity contribution >= 4 is 28.2 Å². The van der Waals surface area contributed by atoms with Crippen molar-refractivity contribution in [3.05, 3.63) is 38.8 Å². The van der Waals surface area contributed by atoms with E-state index in [-0.39, 0.29) is 17.2 Å². The van der Waals surface area contributed by atoms with E-state index in [1.54, 1.807) is 19.9 Å². The van der Waals surface area contributed by atoms with Crippen LogP contribution < -0.4 is 10.9 Å². The zero-order chi connectivity index (χ0) is 17.4. The molecule has 1 amide bonds. The smallest absolute Gasteiger partial charge is 0.267 e. The summed E-state index contributed by atoms with van der Waals surface area (Å²) in [5.74, 6) is -0.0817. The first-order valence-electron chi connectivity index (χ1n) is 7.76. The van der Waals surface area contributed by atoms with Gasteiger partial charge in [-0.25, -0.2) is 9.67 Å². The van der Waals surface area contributed by atoms with Crippen LogP contribution in [0.5, 0.6) is 0 Å². The summed E-state index contributed by atoms with van der Waals surface area (Å²) in [6.45, 7) is 4.80. The fourth-order valence-corrected chi connectivity index (χ4v) is 3.28. The Hall–Kier alpha value is -2.35. The summed E-state index contributed by atoms with van der Waals surface area (Å²) in [4.78, 5) is 40.6. The van der Waals surface area contributed by atoms with Crippen LogP contribution in [-0.4, -0.2) is 26.5 Å². The van der Waals surface area contributed by atoms with E-state index in [1.807, 2.05) is 0 Å². The normalized spacial score (nSPS) is 15.1. The number of aromatic nitrogens is 3. The molecule has 1 N–H and O–H groups in total. The van der Waals surface area contributed by atoms with Gasteiger partial charge in [0, 0.05) is 18.9 Å². The molecule has 2 aromatic heterocycles. The van der Waals surface area contributed by atoms with Gasteiger partial charge in [-0.2, -0.15) is 5.10 Å². The van der Waals surface area contributed by atoms with Gasteiger partial charge in [0.1, 0.15) is 6.04 Å². The molecule has 0 aliphatic heterocycles. The van der Waals surface area contributed by atoms with E-state index >= 15 is 0 Å². The number of carbonyl (C=O) groups is 2. The second kappa shape index (κ2) is 6.27. The van der Waals surface area contributed by atoms with Crippen molar-refractivity contribution in [1.82, 2.24) is 14.8 Å². The van der Waals surface area contributed by atoms with Crippen molar-refractivity contribution in [1.29, 1.82) is 0 Å². The van der Waals surface area contributed by atoms with Crippen LogP contribution in [0.3, 0.4) is 0 Å². The molecule has 0 spiro atoms. The summed E-state index contributed by atoms with van der Waals surface area (Å²) in [5.41, 5.74) is 1.11. The minimum absolute atomic E-state index is 0.0893. The van der Waals surface area contributed by atoms with Gasteiger partial charge in [0.2, 0.25) is 0 Å². The second-order valence-electron chi connectivity index (χ2n) is 5.97. The fraction of sp³-hybridized carbons (Fsp3) is 0.438. The lowest BCUT2D eigenvalue weighted by molar-refractivity contribution is -0.119.